The van der Waals surface area contributed by atoms with Crippen LogP contribution in [-0.4, -0.2) is 46.1 Å². The fourth-order valence-electron chi connectivity index (χ4n) is 6.45. The second-order valence-electron chi connectivity index (χ2n) is 14.5. The Morgan fingerprint density at radius 1 is 0.500 bits per heavy atom. The molecule has 1 amide bonds. The number of unbranched alkanes of at least 4 members (excludes halogenated alkanes) is 26. The Labute approximate surface area is 299 Å². The summed E-state index contributed by atoms with van der Waals surface area (Å²) in [4.78, 5) is 12.4. The smallest absolute Gasteiger partial charge is 0.220 e. The van der Waals surface area contributed by atoms with Gasteiger partial charge in [0.2, 0.25) is 5.91 Å². The predicted octanol–water partition coefficient (Wildman–Crippen LogP) is 11.8. The van der Waals surface area contributed by atoms with E-state index in [9.17, 15) is 20.1 Å². The monoisotopic (exact) mass is 678 g/mol. The zero-order chi connectivity index (χ0) is 35.2. The number of nitrogens with one attached hydrogen (secondary N) is 1. The highest BCUT2D eigenvalue weighted by molar-refractivity contribution is 5.76. The van der Waals surface area contributed by atoms with Crippen LogP contribution in [0.1, 0.15) is 219 Å². The van der Waals surface area contributed by atoms with Crippen LogP contribution in [0.4, 0.5) is 0 Å². The number of hydrogen-bond donors (Lipinski definition) is 4. The van der Waals surface area contributed by atoms with Gasteiger partial charge in [0, 0.05) is 6.42 Å². The second-order valence-corrected chi connectivity index (χ2v) is 14.5. The number of hydrogen-bond acceptors (Lipinski definition) is 4. The van der Waals surface area contributed by atoms with Crippen LogP contribution < -0.4 is 5.32 Å². The normalized spacial score (nSPS) is 13.9. The van der Waals surface area contributed by atoms with E-state index in [2.05, 4.69) is 43.5 Å². The highest BCUT2D eigenvalue weighted by atomic mass is 16.3. The molecule has 3 atom stereocenters. The molecule has 48 heavy (non-hydrogen) atoms. The molecule has 0 rings (SSSR count). The summed E-state index contributed by atoms with van der Waals surface area (Å²) in [5.41, 5.74) is 0. The van der Waals surface area contributed by atoms with Crippen LogP contribution in [0.15, 0.2) is 24.3 Å². The molecular formula is C43H83NO4. The third-order valence-electron chi connectivity index (χ3n) is 9.78. The standard InChI is InChI=1S/C43H83NO4/c1-3-5-7-9-11-13-15-16-17-18-19-20-21-22-23-24-25-26-28-30-32-34-36-38-42(47)44-40(39-45)43(48)41(46)37-35-33-31-29-27-14-12-10-8-6-4-2/h22-23,29,31,40-41,43,45-46,48H,3-21,24-28,30,32-39H2,1-2H3,(H,44,47)/b23-22-,31-29+. The van der Waals surface area contributed by atoms with Gasteiger partial charge in [-0.2, -0.15) is 0 Å². The summed E-state index contributed by atoms with van der Waals surface area (Å²) in [6.45, 7) is 4.15. The molecule has 0 spiro atoms. The zero-order valence-corrected chi connectivity index (χ0v) is 32.1. The van der Waals surface area contributed by atoms with E-state index in [1.54, 1.807) is 0 Å². The van der Waals surface area contributed by atoms with Crippen molar-refractivity contribution in [2.45, 2.75) is 238 Å². The number of aliphatic hydroxyl groups excluding tert-OH is 3. The van der Waals surface area contributed by atoms with Crippen LogP contribution in [0.3, 0.4) is 0 Å². The maximum atomic E-state index is 12.4. The highest BCUT2D eigenvalue weighted by Gasteiger charge is 2.26. The topological polar surface area (TPSA) is 89.8 Å². The maximum Gasteiger partial charge on any atom is 0.220 e. The van der Waals surface area contributed by atoms with Crippen LogP contribution in [0, 0.1) is 0 Å². The lowest BCUT2D eigenvalue weighted by molar-refractivity contribution is -0.124. The van der Waals surface area contributed by atoms with E-state index < -0.39 is 18.2 Å². The van der Waals surface area contributed by atoms with Crippen molar-refractivity contribution < 1.29 is 20.1 Å². The van der Waals surface area contributed by atoms with E-state index in [1.165, 1.54) is 154 Å². The number of amides is 1. The summed E-state index contributed by atoms with van der Waals surface area (Å²) in [5, 5.41) is 33.3. The van der Waals surface area contributed by atoms with Crippen LogP contribution in [-0.2, 0) is 4.79 Å². The molecule has 5 heteroatoms. The molecule has 0 aliphatic heterocycles. The van der Waals surface area contributed by atoms with E-state index >= 15 is 0 Å². The van der Waals surface area contributed by atoms with Gasteiger partial charge in [-0.25, -0.2) is 0 Å². The molecular weight excluding hydrogens is 594 g/mol. The average molecular weight is 678 g/mol. The molecule has 0 aliphatic rings. The van der Waals surface area contributed by atoms with Crippen molar-refractivity contribution in [2.24, 2.45) is 0 Å². The Hall–Kier alpha value is -1.17. The molecule has 0 fully saturated rings. The van der Waals surface area contributed by atoms with Gasteiger partial charge < -0.3 is 20.6 Å². The maximum absolute atomic E-state index is 12.4. The van der Waals surface area contributed by atoms with Crippen molar-refractivity contribution in [3.05, 3.63) is 24.3 Å². The molecule has 0 aromatic carbocycles. The lowest BCUT2D eigenvalue weighted by Crippen LogP contribution is -2.50. The Bertz CT molecular complexity index is 709. The lowest BCUT2D eigenvalue weighted by atomic mass is 10.0. The van der Waals surface area contributed by atoms with Crippen molar-refractivity contribution >= 4 is 5.91 Å². The molecule has 0 heterocycles. The van der Waals surface area contributed by atoms with Crippen molar-refractivity contribution in [2.75, 3.05) is 6.61 Å². The summed E-state index contributed by atoms with van der Waals surface area (Å²) in [6.07, 6.45) is 45.8. The summed E-state index contributed by atoms with van der Waals surface area (Å²) >= 11 is 0. The van der Waals surface area contributed by atoms with Gasteiger partial charge in [0.1, 0.15) is 6.10 Å². The molecule has 0 aromatic rings. The average Bonchev–Trinajstić information content (AvgIpc) is 3.09. The van der Waals surface area contributed by atoms with Crippen LogP contribution in [0.2, 0.25) is 0 Å². The van der Waals surface area contributed by atoms with Gasteiger partial charge in [-0.05, 0) is 64.2 Å². The molecule has 0 saturated heterocycles. The molecule has 4 N–H and O–H groups in total. The zero-order valence-electron chi connectivity index (χ0n) is 32.1. The van der Waals surface area contributed by atoms with Gasteiger partial charge in [-0.15, -0.1) is 0 Å². The number of carbonyl (C=O) groups is 1. The van der Waals surface area contributed by atoms with E-state index in [1.807, 2.05) is 0 Å². The van der Waals surface area contributed by atoms with Crippen LogP contribution >= 0.6 is 0 Å². The third kappa shape index (κ3) is 33.3. The minimum Gasteiger partial charge on any atom is -0.394 e. The number of aliphatic hydroxyl groups is 3. The Morgan fingerprint density at radius 2 is 0.833 bits per heavy atom. The highest BCUT2D eigenvalue weighted by Crippen LogP contribution is 2.15. The molecule has 3 unspecified atom stereocenters. The predicted molar refractivity (Wildman–Crippen MR) is 208 cm³/mol. The van der Waals surface area contributed by atoms with Gasteiger partial charge in [0.15, 0.2) is 0 Å². The number of carbonyl (C=O) groups excluding carboxylic acids is 1. The molecule has 0 saturated carbocycles. The summed E-state index contributed by atoms with van der Waals surface area (Å²) in [5.74, 6) is -0.159. The Balaban J connectivity index is 3.62. The third-order valence-corrected chi connectivity index (χ3v) is 9.78. The quantitative estimate of drug-likeness (QED) is 0.0387. The van der Waals surface area contributed by atoms with Gasteiger partial charge in [0.05, 0.1) is 18.8 Å². The number of allylic oxidation sites excluding steroid dienone is 4. The SMILES string of the molecule is CCCCCCCC/C=C/CCCC(O)C(O)C(CO)NC(=O)CCCCCCCCC/C=C\CCCCCCCCCCCCCC. The lowest BCUT2D eigenvalue weighted by Gasteiger charge is -2.26. The van der Waals surface area contributed by atoms with E-state index in [-0.39, 0.29) is 12.5 Å². The van der Waals surface area contributed by atoms with E-state index in [0.717, 1.165) is 38.5 Å². The molecule has 0 aliphatic carbocycles. The first-order valence-corrected chi connectivity index (χ1v) is 21.1. The van der Waals surface area contributed by atoms with Gasteiger partial charge in [-0.1, -0.05) is 173 Å². The summed E-state index contributed by atoms with van der Waals surface area (Å²) < 4.78 is 0. The number of rotatable bonds is 38. The van der Waals surface area contributed by atoms with Crippen molar-refractivity contribution in [1.82, 2.24) is 5.32 Å². The Kier molecular flexibility index (Phi) is 37.7. The van der Waals surface area contributed by atoms with Crippen LogP contribution in [0.5, 0.6) is 0 Å². The first-order chi connectivity index (χ1) is 23.6. The van der Waals surface area contributed by atoms with Crippen molar-refractivity contribution in [1.29, 1.82) is 0 Å². The van der Waals surface area contributed by atoms with Crippen molar-refractivity contribution in [3.8, 4) is 0 Å². The van der Waals surface area contributed by atoms with Crippen molar-refractivity contribution in [3.63, 3.8) is 0 Å². The minimum atomic E-state index is -1.16. The largest absolute Gasteiger partial charge is 0.394 e. The molecule has 0 bridgehead atoms. The fourth-order valence-corrected chi connectivity index (χ4v) is 6.45. The van der Waals surface area contributed by atoms with Gasteiger partial charge >= 0.3 is 0 Å². The summed E-state index contributed by atoms with van der Waals surface area (Å²) in [6, 6.07) is -0.825. The first-order valence-electron chi connectivity index (χ1n) is 21.1. The molecule has 0 radical (unpaired) electrons. The minimum absolute atomic E-state index is 0.159. The van der Waals surface area contributed by atoms with E-state index in [4.69, 9.17) is 0 Å². The van der Waals surface area contributed by atoms with Crippen LogP contribution in [0.25, 0.3) is 0 Å². The fraction of sp³-hybridized carbons (Fsp3) is 0.884. The molecule has 284 valence electrons. The second kappa shape index (κ2) is 38.6. The molecule has 5 nitrogen and oxygen atoms in total. The first kappa shape index (κ1) is 46.8. The van der Waals surface area contributed by atoms with Gasteiger partial charge in [-0.3, -0.25) is 4.79 Å². The summed E-state index contributed by atoms with van der Waals surface area (Å²) in [7, 11) is 0. The molecule has 0 aromatic heterocycles. The van der Waals surface area contributed by atoms with Gasteiger partial charge in [0.25, 0.3) is 0 Å². The van der Waals surface area contributed by atoms with E-state index in [0.29, 0.717) is 12.8 Å². The Morgan fingerprint density at radius 3 is 1.21 bits per heavy atom.